The van der Waals surface area contributed by atoms with E-state index >= 15 is 0 Å². The van der Waals surface area contributed by atoms with E-state index < -0.39 is 0 Å². The van der Waals surface area contributed by atoms with Gasteiger partial charge in [-0.1, -0.05) is 29.3 Å². The first-order valence-electron chi connectivity index (χ1n) is 8.69. The summed E-state index contributed by atoms with van der Waals surface area (Å²) >= 11 is 12.3. The number of hydrogen-bond acceptors (Lipinski definition) is 3. The first kappa shape index (κ1) is 21.5. The molecule has 1 heterocycles. The second-order valence-corrected chi connectivity index (χ2v) is 8.15. The molecule has 6 nitrogen and oxygen atoms in total. The van der Waals surface area contributed by atoms with Gasteiger partial charge in [-0.3, -0.25) is 0 Å². The zero-order chi connectivity index (χ0) is 20.0. The molecule has 0 saturated carbocycles. The number of hydrogen-bond donors (Lipinski definition) is 1. The van der Waals surface area contributed by atoms with Crippen LogP contribution in [0.25, 0.3) is 0 Å². The summed E-state index contributed by atoms with van der Waals surface area (Å²) in [4.78, 5) is 18.7. The molecule has 0 spiro atoms. The largest absolute Gasteiger partial charge is 0.383 e. The van der Waals surface area contributed by atoms with Crippen molar-refractivity contribution in [3.8, 4) is 0 Å². The van der Waals surface area contributed by atoms with E-state index in [1.54, 1.807) is 30.3 Å². The predicted molar refractivity (Wildman–Crippen MR) is 108 cm³/mol. The number of urea groups is 1. The molecular formula is C19H26Cl2N4O2. The number of ether oxygens (including phenoxy) is 1. The molecule has 0 unspecified atom stereocenters. The fourth-order valence-electron chi connectivity index (χ4n) is 2.49. The molecule has 2 aromatic rings. The van der Waals surface area contributed by atoms with Gasteiger partial charge in [0, 0.05) is 41.6 Å². The second-order valence-electron chi connectivity index (χ2n) is 7.30. The van der Waals surface area contributed by atoms with Crippen molar-refractivity contribution in [2.45, 2.75) is 39.4 Å². The summed E-state index contributed by atoms with van der Waals surface area (Å²) in [6.45, 7) is 7.66. The van der Waals surface area contributed by atoms with Gasteiger partial charge in [0.25, 0.3) is 0 Å². The quantitative estimate of drug-likeness (QED) is 0.741. The van der Waals surface area contributed by atoms with Crippen molar-refractivity contribution in [1.29, 1.82) is 0 Å². The van der Waals surface area contributed by atoms with Crippen LogP contribution in [0.5, 0.6) is 0 Å². The van der Waals surface area contributed by atoms with Crippen LogP contribution in [0.2, 0.25) is 10.0 Å². The van der Waals surface area contributed by atoms with Crippen molar-refractivity contribution >= 4 is 29.2 Å². The Morgan fingerprint density at radius 1 is 1.33 bits per heavy atom. The normalized spacial score (nSPS) is 11.5. The minimum atomic E-state index is -0.325. The Morgan fingerprint density at radius 3 is 2.70 bits per heavy atom. The lowest BCUT2D eigenvalue weighted by atomic mass is 10.1. The van der Waals surface area contributed by atoms with E-state index in [2.05, 4.69) is 10.3 Å². The van der Waals surface area contributed by atoms with Gasteiger partial charge in [0.05, 0.1) is 19.7 Å². The van der Waals surface area contributed by atoms with E-state index in [-0.39, 0.29) is 11.6 Å². The molecule has 148 valence electrons. The monoisotopic (exact) mass is 412 g/mol. The lowest BCUT2D eigenvalue weighted by Crippen LogP contribution is -2.49. The van der Waals surface area contributed by atoms with Crippen LogP contribution < -0.4 is 5.32 Å². The third kappa shape index (κ3) is 6.72. The minimum absolute atomic E-state index is 0.154. The lowest BCUT2D eigenvalue weighted by molar-refractivity contribution is 0.140. The molecule has 8 heteroatoms. The van der Waals surface area contributed by atoms with Gasteiger partial charge in [0.2, 0.25) is 0 Å². The molecule has 0 aliphatic rings. The SMILES string of the molecule is COCCN(Cc1nccn1Cc1ccc(Cl)cc1Cl)C(=O)NC(C)(C)C. The molecule has 0 radical (unpaired) electrons. The molecule has 1 aromatic carbocycles. The number of rotatable bonds is 7. The molecule has 1 aromatic heterocycles. The molecule has 0 fully saturated rings. The number of imidazole rings is 1. The van der Waals surface area contributed by atoms with Crippen LogP contribution in [0.1, 0.15) is 32.2 Å². The van der Waals surface area contributed by atoms with Crippen LogP contribution in [-0.4, -0.2) is 46.3 Å². The number of nitrogens with zero attached hydrogens (tertiary/aromatic N) is 3. The van der Waals surface area contributed by atoms with Crippen LogP contribution in [0.4, 0.5) is 4.79 Å². The number of nitrogens with one attached hydrogen (secondary N) is 1. The maximum absolute atomic E-state index is 12.6. The highest BCUT2D eigenvalue weighted by Crippen LogP contribution is 2.22. The molecule has 0 bridgehead atoms. The molecule has 0 aliphatic heterocycles. The van der Waals surface area contributed by atoms with Gasteiger partial charge in [-0.05, 0) is 38.5 Å². The highest BCUT2D eigenvalue weighted by Gasteiger charge is 2.21. The zero-order valence-electron chi connectivity index (χ0n) is 16.1. The minimum Gasteiger partial charge on any atom is -0.383 e. The fourth-order valence-corrected chi connectivity index (χ4v) is 2.96. The van der Waals surface area contributed by atoms with E-state index in [0.717, 1.165) is 11.4 Å². The van der Waals surface area contributed by atoms with Gasteiger partial charge in [-0.15, -0.1) is 0 Å². The van der Waals surface area contributed by atoms with Gasteiger partial charge < -0.3 is 19.5 Å². The average Bonchev–Trinajstić information content (AvgIpc) is 2.99. The van der Waals surface area contributed by atoms with Gasteiger partial charge >= 0.3 is 6.03 Å². The van der Waals surface area contributed by atoms with Crippen LogP contribution in [0.3, 0.4) is 0 Å². The topological polar surface area (TPSA) is 59.4 Å². The summed E-state index contributed by atoms with van der Waals surface area (Å²) < 4.78 is 7.12. The van der Waals surface area contributed by atoms with Crippen LogP contribution in [-0.2, 0) is 17.8 Å². The average molecular weight is 413 g/mol. The Labute approximate surface area is 170 Å². The number of methoxy groups -OCH3 is 1. The van der Waals surface area contributed by atoms with Crippen LogP contribution in [0, 0.1) is 0 Å². The van der Waals surface area contributed by atoms with E-state index in [9.17, 15) is 4.79 Å². The van der Waals surface area contributed by atoms with Gasteiger partial charge in [0.1, 0.15) is 5.82 Å². The van der Waals surface area contributed by atoms with E-state index in [0.29, 0.717) is 36.3 Å². The fraction of sp³-hybridized carbons (Fsp3) is 0.474. The zero-order valence-corrected chi connectivity index (χ0v) is 17.6. The molecule has 0 atom stereocenters. The standard InChI is InChI=1S/C19H26Cl2N4O2/c1-19(2,3)23-18(26)25(9-10-27-4)13-17-22-7-8-24(17)12-14-5-6-15(20)11-16(14)21/h5-8,11H,9-10,12-13H2,1-4H3,(H,23,26). The third-order valence-electron chi connectivity index (χ3n) is 3.82. The van der Waals surface area contributed by atoms with Crippen molar-refractivity contribution in [3.05, 3.63) is 52.0 Å². The number of amides is 2. The molecular weight excluding hydrogens is 387 g/mol. The van der Waals surface area contributed by atoms with Crippen molar-refractivity contribution in [1.82, 2.24) is 19.8 Å². The smallest absolute Gasteiger partial charge is 0.318 e. The molecule has 1 N–H and O–H groups in total. The van der Waals surface area contributed by atoms with Crippen LogP contribution >= 0.6 is 23.2 Å². The summed E-state index contributed by atoms with van der Waals surface area (Å²) in [6.07, 6.45) is 3.59. The number of aromatic nitrogens is 2. The Morgan fingerprint density at radius 2 is 2.07 bits per heavy atom. The number of carbonyl (C=O) groups is 1. The number of benzene rings is 1. The first-order chi connectivity index (χ1) is 12.7. The summed E-state index contributed by atoms with van der Waals surface area (Å²) in [5, 5.41) is 4.18. The maximum Gasteiger partial charge on any atom is 0.318 e. The van der Waals surface area contributed by atoms with Crippen molar-refractivity contribution < 1.29 is 9.53 Å². The molecule has 2 amide bonds. The lowest BCUT2D eigenvalue weighted by Gasteiger charge is -2.28. The summed E-state index contributed by atoms with van der Waals surface area (Å²) in [5.74, 6) is 0.765. The van der Waals surface area contributed by atoms with Gasteiger partial charge in [0.15, 0.2) is 0 Å². The van der Waals surface area contributed by atoms with E-state index in [1.165, 1.54) is 0 Å². The van der Waals surface area contributed by atoms with Gasteiger partial charge in [-0.25, -0.2) is 9.78 Å². The highest BCUT2D eigenvalue weighted by atomic mass is 35.5. The molecule has 0 saturated heterocycles. The second kappa shape index (κ2) is 9.44. The molecule has 2 rings (SSSR count). The highest BCUT2D eigenvalue weighted by molar-refractivity contribution is 6.35. The van der Waals surface area contributed by atoms with E-state index in [4.69, 9.17) is 27.9 Å². The number of halogens is 2. The van der Waals surface area contributed by atoms with Crippen molar-refractivity contribution in [2.75, 3.05) is 20.3 Å². The molecule has 27 heavy (non-hydrogen) atoms. The third-order valence-corrected chi connectivity index (χ3v) is 4.41. The summed E-state index contributed by atoms with van der Waals surface area (Å²) in [6, 6.07) is 5.26. The Bertz CT molecular complexity index is 771. The van der Waals surface area contributed by atoms with Gasteiger partial charge in [-0.2, -0.15) is 0 Å². The van der Waals surface area contributed by atoms with Crippen molar-refractivity contribution in [3.63, 3.8) is 0 Å². The van der Waals surface area contributed by atoms with Crippen LogP contribution in [0.15, 0.2) is 30.6 Å². The summed E-state index contributed by atoms with van der Waals surface area (Å²) in [5.41, 5.74) is 0.608. The summed E-state index contributed by atoms with van der Waals surface area (Å²) in [7, 11) is 1.61. The molecule has 0 aliphatic carbocycles. The first-order valence-corrected chi connectivity index (χ1v) is 9.45. The van der Waals surface area contributed by atoms with E-state index in [1.807, 2.05) is 37.6 Å². The van der Waals surface area contributed by atoms with Crippen molar-refractivity contribution in [2.24, 2.45) is 0 Å². The Kier molecular flexibility index (Phi) is 7.53. The Hall–Kier alpha value is -1.76. The predicted octanol–water partition coefficient (Wildman–Crippen LogP) is 4.19. The maximum atomic E-state index is 12.6. The number of carbonyl (C=O) groups excluding carboxylic acids is 1. The Balaban J connectivity index is 2.16.